The summed E-state index contributed by atoms with van der Waals surface area (Å²) in [6.45, 7) is 0. The third-order valence-corrected chi connectivity index (χ3v) is 7.26. The Morgan fingerprint density at radius 1 is 0.808 bits per heavy atom. The van der Waals surface area contributed by atoms with Gasteiger partial charge >= 0.3 is 0 Å². The van der Waals surface area contributed by atoms with Gasteiger partial charge in [0.1, 0.15) is 0 Å². The van der Waals surface area contributed by atoms with Gasteiger partial charge in [-0.3, -0.25) is 0 Å². The van der Waals surface area contributed by atoms with E-state index in [9.17, 15) is 8.78 Å². The minimum atomic E-state index is -0.805. The molecule has 1 heterocycles. The second-order valence-electron chi connectivity index (χ2n) is 8.88. The van der Waals surface area contributed by atoms with Gasteiger partial charge < -0.3 is 4.74 Å². The first-order valence-electron chi connectivity index (χ1n) is 10.8. The van der Waals surface area contributed by atoms with Crippen LogP contribution in [0.5, 0.6) is 5.75 Å². The fourth-order valence-electron chi connectivity index (χ4n) is 5.62. The van der Waals surface area contributed by atoms with Crippen molar-refractivity contribution in [1.29, 1.82) is 0 Å². The molecule has 3 heteroatoms. The van der Waals surface area contributed by atoms with Crippen LogP contribution in [0.4, 0.5) is 8.78 Å². The summed E-state index contributed by atoms with van der Waals surface area (Å²) in [7, 11) is 0. The number of rotatable bonds is 4. The number of halogens is 2. The lowest BCUT2D eigenvalue weighted by molar-refractivity contribution is 0.126. The maximum Gasteiger partial charge on any atom is 0.200 e. The summed E-state index contributed by atoms with van der Waals surface area (Å²) in [6, 6.07) is 2.87. The van der Waals surface area contributed by atoms with Gasteiger partial charge in [0.2, 0.25) is 5.82 Å². The van der Waals surface area contributed by atoms with Gasteiger partial charge in [0, 0.05) is 0 Å². The molecule has 1 unspecified atom stereocenters. The van der Waals surface area contributed by atoms with Gasteiger partial charge in [-0.2, -0.15) is 4.39 Å². The fraction of sp³-hybridized carbons (Fsp3) is 0.739. The van der Waals surface area contributed by atoms with Gasteiger partial charge in [-0.25, -0.2) is 4.39 Å². The predicted octanol–water partition coefficient (Wildman–Crippen LogP) is 6.83. The largest absolute Gasteiger partial charge is 0.487 e. The van der Waals surface area contributed by atoms with Crippen LogP contribution in [-0.4, -0.2) is 6.10 Å². The van der Waals surface area contributed by atoms with E-state index in [1.54, 1.807) is 6.07 Å². The molecule has 1 nitrogen and oxygen atoms in total. The van der Waals surface area contributed by atoms with Crippen LogP contribution >= 0.6 is 0 Å². The van der Waals surface area contributed by atoms with Crippen LogP contribution in [0.1, 0.15) is 82.6 Å². The summed E-state index contributed by atoms with van der Waals surface area (Å²) in [5, 5.41) is 0. The topological polar surface area (TPSA) is 9.23 Å². The summed E-state index contributed by atoms with van der Waals surface area (Å²) >= 11 is 0. The smallest absolute Gasteiger partial charge is 0.200 e. The van der Waals surface area contributed by atoms with Crippen molar-refractivity contribution in [3.05, 3.63) is 29.3 Å². The second-order valence-corrected chi connectivity index (χ2v) is 8.88. The molecular weight excluding hydrogens is 330 g/mol. The fourth-order valence-corrected chi connectivity index (χ4v) is 5.62. The van der Waals surface area contributed by atoms with Crippen LogP contribution in [0.2, 0.25) is 0 Å². The van der Waals surface area contributed by atoms with Gasteiger partial charge in [0.05, 0.1) is 6.10 Å². The molecule has 1 aromatic carbocycles. The molecule has 0 aromatic heterocycles. The minimum Gasteiger partial charge on any atom is -0.487 e. The quantitative estimate of drug-likeness (QED) is 0.570. The molecule has 1 aliphatic heterocycles. The molecule has 1 aromatic rings. The van der Waals surface area contributed by atoms with Gasteiger partial charge in [0.25, 0.3) is 0 Å². The third kappa shape index (κ3) is 4.07. The number of hydrogen-bond donors (Lipinski definition) is 0. The Hall–Kier alpha value is -1.12. The molecule has 0 radical (unpaired) electrons. The molecule has 0 N–H and O–H groups in total. The molecule has 144 valence electrons. The first kappa shape index (κ1) is 18.3. The SMILES string of the molecule is Fc1ccc2c(c1F)OC(CCC1CCC(C3CCCCC3)CC1)CC2. The van der Waals surface area contributed by atoms with Crippen LogP contribution in [0.3, 0.4) is 0 Å². The Morgan fingerprint density at radius 2 is 1.54 bits per heavy atom. The predicted molar refractivity (Wildman–Crippen MR) is 100 cm³/mol. The highest BCUT2D eigenvalue weighted by Crippen LogP contribution is 2.41. The lowest BCUT2D eigenvalue weighted by Crippen LogP contribution is -2.26. The van der Waals surface area contributed by atoms with Gasteiger partial charge in [-0.15, -0.1) is 0 Å². The van der Waals surface area contributed by atoms with Gasteiger partial charge in [-0.05, 0) is 67.9 Å². The summed E-state index contributed by atoms with van der Waals surface area (Å²) in [6.07, 6.45) is 16.7. The molecule has 2 aliphatic carbocycles. The molecule has 0 saturated heterocycles. The van der Waals surface area contributed by atoms with E-state index in [0.717, 1.165) is 42.6 Å². The van der Waals surface area contributed by atoms with Crippen molar-refractivity contribution in [3.63, 3.8) is 0 Å². The van der Waals surface area contributed by atoms with E-state index in [1.165, 1.54) is 70.3 Å². The lowest BCUT2D eigenvalue weighted by Gasteiger charge is -2.36. The Kier molecular flexibility index (Phi) is 5.81. The van der Waals surface area contributed by atoms with Crippen molar-refractivity contribution in [1.82, 2.24) is 0 Å². The van der Waals surface area contributed by atoms with Crippen LogP contribution < -0.4 is 4.74 Å². The monoisotopic (exact) mass is 362 g/mol. The molecular formula is C23H32F2O. The van der Waals surface area contributed by atoms with Crippen molar-refractivity contribution in [2.75, 3.05) is 0 Å². The van der Waals surface area contributed by atoms with E-state index in [-0.39, 0.29) is 11.9 Å². The molecule has 4 rings (SSSR count). The number of aryl methyl sites for hydroxylation is 1. The molecule has 0 amide bonds. The van der Waals surface area contributed by atoms with Crippen LogP contribution in [0, 0.1) is 29.4 Å². The van der Waals surface area contributed by atoms with E-state index in [4.69, 9.17) is 4.74 Å². The Bertz CT molecular complexity index is 600. The highest BCUT2D eigenvalue weighted by Gasteiger charge is 2.30. The number of benzene rings is 1. The molecule has 0 spiro atoms. The minimum absolute atomic E-state index is 0.0508. The van der Waals surface area contributed by atoms with E-state index in [1.807, 2.05) is 0 Å². The zero-order chi connectivity index (χ0) is 17.9. The third-order valence-electron chi connectivity index (χ3n) is 7.26. The standard InChI is InChI=1S/C23H32F2O/c24-21-15-12-19-11-14-20(26-23(19)22(21)25)13-8-16-6-9-18(10-7-16)17-4-2-1-3-5-17/h12,15-18,20H,1-11,13-14H2. The Balaban J connectivity index is 1.23. The molecule has 2 saturated carbocycles. The van der Waals surface area contributed by atoms with Crippen molar-refractivity contribution < 1.29 is 13.5 Å². The molecule has 3 aliphatic rings. The lowest BCUT2D eigenvalue weighted by atomic mass is 9.70. The van der Waals surface area contributed by atoms with E-state index < -0.39 is 11.6 Å². The summed E-state index contributed by atoms with van der Waals surface area (Å²) in [5.74, 6) is 1.34. The zero-order valence-electron chi connectivity index (χ0n) is 15.8. The normalized spacial score (nSPS) is 29.8. The Labute approximate surface area is 156 Å². The van der Waals surface area contributed by atoms with Crippen LogP contribution in [0.15, 0.2) is 12.1 Å². The molecule has 0 bridgehead atoms. The zero-order valence-corrected chi connectivity index (χ0v) is 15.8. The van der Waals surface area contributed by atoms with Gasteiger partial charge in [-0.1, -0.05) is 51.0 Å². The van der Waals surface area contributed by atoms with E-state index in [0.29, 0.717) is 0 Å². The number of hydrogen-bond acceptors (Lipinski definition) is 1. The average Bonchev–Trinajstić information content (AvgIpc) is 2.70. The molecule has 1 atom stereocenters. The van der Waals surface area contributed by atoms with Crippen molar-refractivity contribution >= 4 is 0 Å². The second kappa shape index (κ2) is 8.27. The van der Waals surface area contributed by atoms with Crippen LogP contribution in [-0.2, 0) is 6.42 Å². The first-order chi connectivity index (χ1) is 12.7. The van der Waals surface area contributed by atoms with Gasteiger partial charge in [0.15, 0.2) is 11.6 Å². The average molecular weight is 363 g/mol. The first-order valence-corrected chi connectivity index (χ1v) is 10.8. The highest BCUT2D eigenvalue weighted by atomic mass is 19.2. The summed E-state index contributed by atoms with van der Waals surface area (Å²) < 4.78 is 33.3. The molecule has 2 fully saturated rings. The number of ether oxygens (including phenoxy) is 1. The van der Waals surface area contributed by atoms with Crippen molar-refractivity contribution in [2.24, 2.45) is 17.8 Å². The molecule has 26 heavy (non-hydrogen) atoms. The van der Waals surface area contributed by atoms with E-state index in [2.05, 4.69) is 0 Å². The van der Waals surface area contributed by atoms with Crippen molar-refractivity contribution in [3.8, 4) is 5.75 Å². The summed E-state index contributed by atoms with van der Waals surface area (Å²) in [5.41, 5.74) is 0.813. The Morgan fingerprint density at radius 3 is 2.31 bits per heavy atom. The number of fused-ring (bicyclic) bond motifs is 1. The van der Waals surface area contributed by atoms with Crippen molar-refractivity contribution in [2.45, 2.75) is 89.6 Å². The summed E-state index contributed by atoms with van der Waals surface area (Å²) in [4.78, 5) is 0. The maximum absolute atomic E-state index is 14.0. The van der Waals surface area contributed by atoms with Crippen LogP contribution in [0.25, 0.3) is 0 Å². The van der Waals surface area contributed by atoms with E-state index >= 15 is 0 Å². The highest BCUT2D eigenvalue weighted by molar-refractivity contribution is 5.37. The maximum atomic E-state index is 14.0.